The van der Waals surface area contributed by atoms with Gasteiger partial charge in [0.05, 0.1) is 29.5 Å². The molecule has 10 nitrogen and oxygen atoms in total. The van der Waals surface area contributed by atoms with Gasteiger partial charge in [0.15, 0.2) is 23.9 Å². The molecule has 0 radical (unpaired) electrons. The van der Waals surface area contributed by atoms with Crippen molar-refractivity contribution >= 4 is 40.0 Å². The van der Waals surface area contributed by atoms with Crippen LogP contribution in [0.3, 0.4) is 0 Å². The van der Waals surface area contributed by atoms with E-state index in [-0.39, 0.29) is 6.61 Å². The molecule has 4 N–H and O–H groups in total. The highest BCUT2D eigenvalue weighted by molar-refractivity contribution is 6.38. The van der Waals surface area contributed by atoms with Crippen molar-refractivity contribution in [1.29, 1.82) is 0 Å². The van der Waals surface area contributed by atoms with E-state index in [1.807, 2.05) is 12.1 Å². The molecule has 2 aromatic heterocycles. The van der Waals surface area contributed by atoms with Crippen LogP contribution >= 0.6 is 11.6 Å². The van der Waals surface area contributed by atoms with Crippen molar-refractivity contribution in [2.75, 3.05) is 19.0 Å². The van der Waals surface area contributed by atoms with Crippen molar-refractivity contribution in [3.63, 3.8) is 0 Å². The molecule has 2 heterocycles. The predicted molar refractivity (Wildman–Crippen MR) is 112 cm³/mol. The lowest BCUT2D eigenvalue weighted by atomic mass is 10.2. The number of halogens is 1. The minimum absolute atomic E-state index is 0.243. The quantitative estimate of drug-likeness (QED) is 0.412. The number of nitrogens with zero attached hydrogens (tertiary/aromatic N) is 4. The molecule has 0 fully saturated rings. The first kappa shape index (κ1) is 19.5. The minimum Gasteiger partial charge on any atom is -0.493 e. The zero-order chi connectivity index (χ0) is 21.3. The van der Waals surface area contributed by atoms with Crippen LogP contribution in [0.25, 0.3) is 22.3 Å². The third kappa shape index (κ3) is 3.72. The van der Waals surface area contributed by atoms with Crippen molar-refractivity contribution in [1.82, 2.24) is 25.0 Å². The molecule has 4 aromatic rings. The fourth-order valence-corrected chi connectivity index (χ4v) is 3.15. The summed E-state index contributed by atoms with van der Waals surface area (Å²) in [5.41, 5.74) is 7.35. The van der Waals surface area contributed by atoms with Crippen LogP contribution in [0, 0.1) is 0 Å². The van der Waals surface area contributed by atoms with Crippen molar-refractivity contribution < 1.29 is 14.3 Å². The zero-order valence-electron chi connectivity index (χ0n) is 16.1. The number of benzene rings is 2. The molecule has 0 aliphatic rings. The Balaban J connectivity index is 1.61. The van der Waals surface area contributed by atoms with E-state index in [1.54, 1.807) is 36.1 Å². The number of amides is 1. The van der Waals surface area contributed by atoms with Gasteiger partial charge in [0, 0.05) is 18.0 Å². The summed E-state index contributed by atoms with van der Waals surface area (Å²) >= 11 is 6.47. The number of aryl methyl sites for hydroxylation is 1. The first-order valence-electron chi connectivity index (χ1n) is 8.85. The largest absolute Gasteiger partial charge is 0.493 e. The van der Waals surface area contributed by atoms with Crippen molar-refractivity contribution in [3.05, 3.63) is 41.6 Å². The molecule has 0 aliphatic heterocycles. The van der Waals surface area contributed by atoms with Gasteiger partial charge in [-0.05, 0) is 30.3 Å². The van der Waals surface area contributed by atoms with Crippen LogP contribution < -0.4 is 20.5 Å². The number of nitrogens with two attached hydrogens (primary N) is 1. The van der Waals surface area contributed by atoms with Crippen molar-refractivity contribution in [2.24, 2.45) is 12.8 Å². The second-order valence-electron chi connectivity index (χ2n) is 6.39. The summed E-state index contributed by atoms with van der Waals surface area (Å²) < 4.78 is 12.3. The SMILES string of the molecule is COc1cc(-c2nc(Nc3ccc4[nH]ncc4c3Cl)n(C)n2)ccc1OCC(N)=O. The summed E-state index contributed by atoms with van der Waals surface area (Å²) in [6, 6.07) is 8.88. The average Bonchev–Trinajstić information content (AvgIpc) is 3.35. The van der Waals surface area contributed by atoms with E-state index in [0.717, 1.165) is 10.9 Å². The van der Waals surface area contributed by atoms with Gasteiger partial charge < -0.3 is 20.5 Å². The molecule has 0 unspecified atom stereocenters. The van der Waals surface area contributed by atoms with Gasteiger partial charge in [-0.2, -0.15) is 10.1 Å². The van der Waals surface area contributed by atoms with E-state index in [2.05, 4.69) is 25.6 Å². The van der Waals surface area contributed by atoms with Gasteiger partial charge in [-0.15, -0.1) is 5.10 Å². The van der Waals surface area contributed by atoms with E-state index in [9.17, 15) is 4.79 Å². The molecule has 1 amide bonds. The summed E-state index contributed by atoms with van der Waals surface area (Å²) in [7, 11) is 3.27. The number of aromatic nitrogens is 5. The molecular weight excluding hydrogens is 410 g/mol. The Morgan fingerprint density at radius 3 is 2.90 bits per heavy atom. The van der Waals surface area contributed by atoms with Gasteiger partial charge in [-0.25, -0.2) is 4.68 Å². The molecule has 154 valence electrons. The summed E-state index contributed by atoms with van der Waals surface area (Å²) in [6.45, 7) is -0.243. The number of hydrogen-bond donors (Lipinski definition) is 3. The fraction of sp³-hybridized carbons (Fsp3) is 0.158. The first-order valence-corrected chi connectivity index (χ1v) is 9.23. The van der Waals surface area contributed by atoms with Crippen molar-refractivity contribution in [2.45, 2.75) is 0 Å². The van der Waals surface area contributed by atoms with Crippen LogP contribution in [0.15, 0.2) is 36.5 Å². The normalized spacial score (nSPS) is 10.9. The van der Waals surface area contributed by atoms with Gasteiger partial charge in [-0.1, -0.05) is 11.6 Å². The topological polar surface area (TPSA) is 133 Å². The Morgan fingerprint density at radius 2 is 2.13 bits per heavy atom. The Hall–Kier alpha value is -3.79. The minimum atomic E-state index is -0.574. The maximum absolute atomic E-state index is 10.9. The predicted octanol–water partition coefficient (Wildman–Crippen LogP) is 2.63. The molecule has 0 saturated heterocycles. The Bertz CT molecular complexity index is 1230. The lowest BCUT2D eigenvalue weighted by molar-refractivity contribution is -0.119. The highest BCUT2D eigenvalue weighted by Crippen LogP contribution is 2.34. The highest BCUT2D eigenvalue weighted by Gasteiger charge is 2.15. The van der Waals surface area contributed by atoms with Crippen LogP contribution in [0.5, 0.6) is 11.5 Å². The number of carbonyl (C=O) groups is 1. The fourth-order valence-electron chi connectivity index (χ4n) is 2.89. The Labute approximate surface area is 175 Å². The van der Waals surface area contributed by atoms with Gasteiger partial charge in [0.1, 0.15) is 0 Å². The molecule has 4 rings (SSSR count). The standard InChI is InChI=1S/C19H18ClN7O3/c1-27-19(23-13-5-4-12-11(17(13)20)8-22-25-12)24-18(26-27)10-3-6-14(15(7-10)29-2)30-9-16(21)28/h3-8H,9H2,1-2H3,(H2,21,28)(H,22,25)(H,23,24,26). The van der Waals surface area contributed by atoms with Crippen LogP contribution in [-0.4, -0.2) is 44.6 Å². The average molecular weight is 428 g/mol. The third-order valence-corrected chi connectivity index (χ3v) is 4.77. The van der Waals surface area contributed by atoms with Gasteiger partial charge >= 0.3 is 0 Å². The van der Waals surface area contributed by atoms with Crippen LogP contribution in [0.2, 0.25) is 5.02 Å². The van der Waals surface area contributed by atoms with E-state index in [1.165, 1.54) is 7.11 Å². The molecular formula is C19H18ClN7O3. The number of primary amides is 1. The van der Waals surface area contributed by atoms with Crippen molar-refractivity contribution in [3.8, 4) is 22.9 Å². The van der Waals surface area contributed by atoms with E-state index in [0.29, 0.717) is 39.5 Å². The van der Waals surface area contributed by atoms with E-state index >= 15 is 0 Å². The van der Waals surface area contributed by atoms with Gasteiger partial charge in [0.25, 0.3) is 5.91 Å². The second-order valence-corrected chi connectivity index (χ2v) is 6.76. The van der Waals surface area contributed by atoms with E-state index < -0.39 is 5.91 Å². The number of nitrogens with one attached hydrogen (secondary N) is 2. The maximum atomic E-state index is 10.9. The number of carbonyl (C=O) groups excluding carboxylic acids is 1. The van der Waals surface area contributed by atoms with Gasteiger partial charge in [-0.3, -0.25) is 9.89 Å². The number of anilines is 2. The number of ether oxygens (including phenoxy) is 2. The maximum Gasteiger partial charge on any atom is 0.255 e. The van der Waals surface area contributed by atoms with Crippen LogP contribution in [0.4, 0.5) is 11.6 Å². The molecule has 30 heavy (non-hydrogen) atoms. The third-order valence-electron chi connectivity index (χ3n) is 4.36. The van der Waals surface area contributed by atoms with Crippen LogP contribution in [-0.2, 0) is 11.8 Å². The Morgan fingerprint density at radius 1 is 1.30 bits per heavy atom. The van der Waals surface area contributed by atoms with Gasteiger partial charge in [0.2, 0.25) is 5.95 Å². The lowest BCUT2D eigenvalue weighted by Crippen LogP contribution is -2.20. The summed E-state index contributed by atoms with van der Waals surface area (Å²) in [4.78, 5) is 15.5. The number of methoxy groups -OCH3 is 1. The number of hydrogen-bond acceptors (Lipinski definition) is 7. The number of aromatic amines is 1. The molecule has 0 saturated carbocycles. The second kappa shape index (κ2) is 7.91. The van der Waals surface area contributed by atoms with E-state index in [4.69, 9.17) is 26.8 Å². The number of H-pyrrole nitrogens is 1. The summed E-state index contributed by atoms with van der Waals surface area (Å²) in [5, 5.41) is 15.9. The Kier molecular flexibility index (Phi) is 5.15. The first-order chi connectivity index (χ1) is 14.5. The zero-order valence-corrected chi connectivity index (χ0v) is 16.9. The molecule has 0 spiro atoms. The molecule has 11 heteroatoms. The summed E-state index contributed by atoms with van der Waals surface area (Å²) in [6.07, 6.45) is 1.67. The molecule has 0 aliphatic carbocycles. The number of rotatable bonds is 7. The monoisotopic (exact) mass is 427 g/mol. The highest BCUT2D eigenvalue weighted by atomic mass is 35.5. The molecule has 0 atom stereocenters. The summed E-state index contributed by atoms with van der Waals surface area (Å²) in [5.74, 6) is 1.23. The smallest absolute Gasteiger partial charge is 0.255 e. The number of fused-ring (bicyclic) bond motifs is 1. The van der Waals surface area contributed by atoms with Crippen LogP contribution in [0.1, 0.15) is 0 Å². The molecule has 0 bridgehead atoms. The molecule has 2 aromatic carbocycles. The lowest BCUT2D eigenvalue weighted by Gasteiger charge is -2.10.